The van der Waals surface area contributed by atoms with Crippen molar-refractivity contribution in [3.63, 3.8) is 0 Å². The van der Waals surface area contributed by atoms with Gasteiger partial charge in [-0.05, 0) is 49.4 Å². The number of nitrogens with one attached hydrogen (secondary N) is 1. The van der Waals surface area contributed by atoms with E-state index in [1.807, 2.05) is 6.92 Å². The molecule has 4 nitrogen and oxygen atoms in total. The second-order valence-electron chi connectivity index (χ2n) is 4.15. The van der Waals surface area contributed by atoms with Gasteiger partial charge in [-0.1, -0.05) is 0 Å². The number of amides is 1. The lowest BCUT2D eigenvalue weighted by Crippen LogP contribution is -2.12. The highest BCUT2D eigenvalue weighted by Crippen LogP contribution is 2.17. The molecule has 0 fully saturated rings. The van der Waals surface area contributed by atoms with Crippen LogP contribution in [0.25, 0.3) is 0 Å². The van der Waals surface area contributed by atoms with Crippen LogP contribution >= 0.6 is 0 Å². The number of nitrogen functional groups attached to an aromatic ring is 1. The molecular formula is C15H15FN2O2. The Balaban J connectivity index is 2.08. The molecule has 0 aliphatic carbocycles. The van der Waals surface area contributed by atoms with Gasteiger partial charge in [0.25, 0.3) is 5.91 Å². The summed E-state index contributed by atoms with van der Waals surface area (Å²) >= 11 is 0. The van der Waals surface area contributed by atoms with Crippen LogP contribution in [0.1, 0.15) is 17.3 Å². The Bertz CT molecular complexity index is 612. The number of hydrogen-bond acceptors (Lipinski definition) is 3. The van der Waals surface area contributed by atoms with Gasteiger partial charge in [0.15, 0.2) is 0 Å². The third kappa shape index (κ3) is 3.26. The smallest absolute Gasteiger partial charge is 0.255 e. The first-order chi connectivity index (χ1) is 9.60. The van der Waals surface area contributed by atoms with E-state index in [9.17, 15) is 9.18 Å². The van der Waals surface area contributed by atoms with E-state index in [4.69, 9.17) is 10.5 Å². The summed E-state index contributed by atoms with van der Waals surface area (Å²) in [5, 5.41) is 2.70. The van der Waals surface area contributed by atoms with Crippen LogP contribution in [0.15, 0.2) is 42.5 Å². The lowest BCUT2D eigenvalue weighted by molar-refractivity contribution is 0.102. The summed E-state index contributed by atoms with van der Waals surface area (Å²) in [7, 11) is 0. The van der Waals surface area contributed by atoms with Crippen LogP contribution in [-0.2, 0) is 0 Å². The molecule has 2 rings (SSSR count). The zero-order valence-electron chi connectivity index (χ0n) is 11.0. The van der Waals surface area contributed by atoms with E-state index in [-0.39, 0.29) is 11.6 Å². The molecule has 0 heterocycles. The SMILES string of the molecule is CCOc1ccc(NC(=O)c2ccc(F)c(N)c2)cc1. The van der Waals surface area contributed by atoms with Gasteiger partial charge in [0.2, 0.25) is 0 Å². The summed E-state index contributed by atoms with van der Waals surface area (Å²) in [6.07, 6.45) is 0. The van der Waals surface area contributed by atoms with E-state index in [2.05, 4.69) is 5.32 Å². The van der Waals surface area contributed by atoms with Crippen LogP contribution in [0.4, 0.5) is 15.8 Å². The van der Waals surface area contributed by atoms with Gasteiger partial charge in [-0.25, -0.2) is 4.39 Å². The largest absolute Gasteiger partial charge is 0.494 e. The molecule has 3 N–H and O–H groups in total. The monoisotopic (exact) mass is 274 g/mol. The standard InChI is InChI=1S/C15H15FN2O2/c1-2-20-12-6-4-11(5-7-12)18-15(19)10-3-8-13(16)14(17)9-10/h3-9H,2,17H2,1H3,(H,18,19). The second-order valence-corrected chi connectivity index (χ2v) is 4.15. The summed E-state index contributed by atoms with van der Waals surface area (Å²) in [6.45, 7) is 2.48. The van der Waals surface area contributed by atoms with Gasteiger partial charge in [-0.2, -0.15) is 0 Å². The number of carbonyl (C=O) groups excluding carboxylic acids is 1. The molecule has 1 amide bonds. The van der Waals surface area contributed by atoms with Crippen molar-refractivity contribution >= 4 is 17.3 Å². The van der Waals surface area contributed by atoms with E-state index in [0.717, 1.165) is 5.75 Å². The Labute approximate surface area is 116 Å². The van der Waals surface area contributed by atoms with Crippen LogP contribution in [0.5, 0.6) is 5.75 Å². The van der Waals surface area contributed by atoms with Gasteiger partial charge < -0.3 is 15.8 Å². The Kier molecular flexibility index (Phi) is 4.20. The summed E-state index contributed by atoms with van der Waals surface area (Å²) in [6, 6.07) is 10.8. The van der Waals surface area contributed by atoms with E-state index in [0.29, 0.717) is 17.9 Å². The van der Waals surface area contributed by atoms with Crippen LogP contribution in [0.3, 0.4) is 0 Å². The first-order valence-electron chi connectivity index (χ1n) is 6.19. The van der Waals surface area contributed by atoms with E-state index >= 15 is 0 Å². The van der Waals surface area contributed by atoms with Crippen molar-refractivity contribution in [1.82, 2.24) is 0 Å². The summed E-state index contributed by atoms with van der Waals surface area (Å²) in [4.78, 5) is 12.0. The molecule has 0 spiro atoms. The van der Waals surface area contributed by atoms with Crippen LogP contribution in [0.2, 0.25) is 0 Å². The fourth-order valence-corrected chi connectivity index (χ4v) is 1.69. The number of halogens is 1. The van der Waals surface area contributed by atoms with Crippen molar-refractivity contribution in [2.24, 2.45) is 0 Å². The Morgan fingerprint density at radius 1 is 1.25 bits per heavy atom. The van der Waals surface area contributed by atoms with Gasteiger partial charge in [0.1, 0.15) is 11.6 Å². The van der Waals surface area contributed by atoms with Gasteiger partial charge >= 0.3 is 0 Å². The lowest BCUT2D eigenvalue weighted by atomic mass is 10.1. The molecule has 0 aliphatic rings. The number of benzene rings is 2. The molecule has 104 valence electrons. The molecule has 0 aliphatic heterocycles. The van der Waals surface area contributed by atoms with Gasteiger partial charge in [0, 0.05) is 11.3 Å². The molecule has 0 saturated heterocycles. The zero-order chi connectivity index (χ0) is 14.5. The minimum atomic E-state index is -0.539. The maximum atomic E-state index is 13.0. The lowest BCUT2D eigenvalue weighted by Gasteiger charge is -2.07. The predicted molar refractivity (Wildman–Crippen MR) is 76.4 cm³/mol. The van der Waals surface area contributed by atoms with E-state index in [1.54, 1.807) is 24.3 Å². The molecule has 0 unspecified atom stereocenters. The Hall–Kier alpha value is -2.56. The molecule has 2 aromatic rings. The minimum absolute atomic E-state index is 0.0515. The van der Waals surface area contributed by atoms with Crippen molar-refractivity contribution in [2.45, 2.75) is 6.92 Å². The van der Waals surface area contributed by atoms with Gasteiger partial charge in [-0.3, -0.25) is 4.79 Å². The minimum Gasteiger partial charge on any atom is -0.494 e. The van der Waals surface area contributed by atoms with Crippen molar-refractivity contribution in [2.75, 3.05) is 17.7 Å². The summed E-state index contributed by atoms with van der Waals surface area (Å²) in [5.74, 6) is -0.153. The predicted octanol–water partition coefficient (Wildman–Crippen LogP) is 3.06. The maximum Gasteiger partial charge on any atom is 0.255 e. The van der Waals surface area contributed by atoms with E-state index < -0.39 is 5.82 Å². The number of rotatable bonds is 4. The summed E-state index contributed by atoms with van der Waals surface area (Å²) in [5.41, 5.74) is 6.31. The van der Waals surface area contributed by atoms with Crippen LogP contribution in [-0.4, -0.2) is 12.5 Å². The van der Waals surface area contributed by atoms with Crippen LogP contribution in [0, 0.1) is 5.82 Å². The highest BCUT2D eigenvalue weighted by atomic mass is 19.1. The topological polar surface area (TPSA) is 64.3 Å². The Morgan fingerprint density at radius 2 is 1.95 bits per heavy atom. The average Bonchev–Trinajstić information content (AvgIpc) is 2.44. The Morgan fingerprint density at radius 3 is 2.55 bits per heavy atom. The van der Waals surface area contributed by atoms with Gasteiger partial charge in [-0.15, -0.1) is 0 Å². The third-order valence-corrected chi connectivity index (χ3v) is 2.68. The molecule has 2 aromatic carbocycles. The number of anilines is 2. The highest BCUT2D eigenvalue weighted by molar-refractivity contribution is 6.04. The second kappa shape index (κ2) is 6.06. The molecule has 0 bridgehead atoms. The number of nitrogens with two attached hydrogens (primary N) is 1. The highest BCUT2D eigenvalue weighted by Gasteiger charge is 2.08. The quantitative estimate of drug-likeness (QED) is 0.842. The molecule has 0 aromatic heterocycles. The zero-order valence-corrected chi connectivity index (χ0v) is 11.0. The fraction of sp³-hybridized carbons (Fsp3) is 0.133. The van der Waals surface area contributed by atoms with Crippen molar-refractivity contribution < 1.29 is 13.9 Å². The molecule has 0 atom stereocenters. The first-order valence-corrected chi connectivity index (χ1v) is 6.19. The molecule has 5 heteroatoms. The van der Waals surface area contributed by atoms with Crippen LogP contribution < -0.4 is 15.8 Å². The van der Waals surface area contributed by atoms with Crippen molar-refractivity contribution in [3.05, 3.63) is 53.8 Å². The van der Waals surface area contributed by atoms with Gasteiger partial charge in [0.05, 0.1) is 12.3 Å². The molecular weight excluding hydrogens is 259 g/mol. The van der Waals surface area contributed by atoms with Crippen molar-refractivity contribution in [3.8, 4) is 5.75 Å². The number of hydrogen-bond donors (Lipinski definition) is 2. The van der Waals surface area contributed by atoms with Crippen molar-refractivity contribution in [1.29, 1.82) is 0 Å². The molecule has 0 saturated carbocycles. The maximum absolute atomic E-state index is 13.0. The third-order valence-electron chi connectivity index (χ3n) is 2.68. The first kappa shape index (κ1) is 13.9. The molecule has 0 radical (unpaired) electrons. The normalized spacial score (nSPS) is 10.1. The fourth-order valence-electron chi connectivity index (χ4n) is 1.69. The van der Waals surface area contributed by atoms with E-state index in [1.165, 1.54) is 18.2 Å². The number of carbonyl (C=O) groups is 1. The average molecular weight is 274 g/mol. The number of ether oxygens (including phenoxy) is 1. The molecule has 20 heavy (non-hydrogen) atoms. The summed E-state index contributed by atoms with van der Waals surface area (Å²) < 4.78 is 18.3.